The van der Waals surface area contributed by atoms with E-state index in [1.54, 1.807) is 0 Å². The fourth-order valence-corrected chi connectivity index (χ4v) is 4.43. The molecule has 0 bridgehead atoms. The fraction of sp³-hybridized carbons (Fsp3) is 0.240. The first-order valence-electron chi connectivity index (χ1n) is 11.3. The molecule has 0 saturated carbocycles. The largest absolute Gasteiger partial charge is 0.395 e. The number of aliphatic hydroxyl groups excluding tert-OH is 1. The number of pyridine rings is 3. The van der Waals surface area contributed by atoms with Crippen molar-refractivity contribution in [2.45, 2.75) is 20.0 Å². The standard InChI is InChI=1S/C25H24N8O/c1-16-3-2-4-21(28-16)25-18(13-27-31-25)19-5-6-20-22(29-19)11-17(12-26-20)23-14-33-8-7-32(9-10-34)15-24(33)30-23/h2-6,11-14,34H,7-10,15H2,1H3,(H,27,31). The number of aromatic amines is 1. The van der Waals surface area contributed by atoms with Gasteiger partial charge in [-0.05, 0) is 37.3 Å². The molecule has 0 spiro atoms. The van der Waals surface area contributed by atoms with Crippen LogP contribution in [0.15, 0.2) is 55.0 Å². The van der Waals surface area contributed by atoms with Gasteiger partial charge in [0.05, 0.1) is 41.3 Å². The molecule has 5 aromatic rings. The number of nitrogens with zero attached hydrogens (tertiary/aromatic N) is 7. The van der Waals surface area contributed by atoms with Crippen LogP contribution in [0.4, 0.5) is 0 Å². The first-order chi connectivity index (χ1) is 16.7. The van der Waals surface area contributed by atoms with Crippen LogP contribution in [-0.2, 0) is 13.1 Å². The van der Waals surface area contributed by atoms with E-state index < -0.39 is 0 Å². The predicted molar refractivity (Wildman–Crippen MR) is 129 cm³/mol. The number of β-amino-alcohol motifs (C(OH)–C–C–N with tert-alkyl or cyclic N) is 1. The monoisotopic (exact) mass is 452 g/mol. The number of fused-ring (bicyclic) bond motifs is 2. The number of aryl methyl sites for hydroxylation is 1. The number of nitrogens with one attached hydrogen (secondary N) is 1. The van der Waals surface area contributed by atoms with Crippen molar-refractivity contribution in [2.75, 3.05) is 19.7 Å². The molecular formula is C25H24N8O. The Balaban J connectivity index is 1.36. The number of H-pyrrole nitrogens is 1. The van der Waals surface area contributed by atoms with Crippen molar-refractivity contribution in [3.05, 3.63) is 66.5 Å². The lowest BCUT2D eigenvalue weighted by Crippen LogP contribution is -2.35. The highest BCUT2D eigenvalue weighted by Crippen LogP contribution is 2.30. The third-order valence-electron chi connectivity index (χ3n) is 6.18. The van der Waals surface area contributed by atoms with Gasteiger partial charge in [0.15, 0.2) is 0 Å². The highest BCUT2D eigenvalue weighted by atomic mass is 16.3. The summed E-state index contributed by atoms with van der Waals surface area (Å²) in [5, 5.41) is 16.6. The van der Waals surface area contributed by atoms with Gasteiger partial charge in [0.25, 0.3) is 0 Å². The molecule has 1 aliphatic heterocycles. The molecule has 170 valence electrons. The van der Waals surface area contributed by atoms with Crippen LogP contribution >= 0.6 is 0 Å². The van der Waals surface area contributed by atoms with Gasteiger partial charge < -0.3 is 9.67 Å². The van der Waals surface area contributed by atoms with Crippen LogP contribution in [0, 0.1) is 6.92 Å². The lowest BCUT2D eigenvalue weighted by Gasteiger charge is -2.26. The Bertz CT molecular complexity index is 1490. The maximum absolute atomic E-state index is 9.24. The molecular weight excluding hydrogens is 428 g/mol. The Kier molecular flexibility index (Phi) is 5.12. The van der Waals surface area contributed by atoms with Crippen LogP contribution in [0.1, 0.15) is 11.5 Å². The van der Waals surface area contributed by atoms with Crippen molar-refractivity contribution >= 4 is 11.0 Å². The summed E-state index contributed by atoms with van der Waals surface area (Å²) in [4.78, 5) is 21.2. The highest BCUT2D eigenvalue weighted by Gasteiger charge is 2.19. The first-order valence-corrected chi connectivity index (χ1v) is 11.3. The van der Waals surface area contributed by atoms with Crippen LogP contribution in [0.3, 0.4) is 0 Å². The van der Waals surface area contributed by atoms with Crippen molar-refractivity contribution in [2.24, 2.45) is 0 Å². The minimum absolute atomic E-state index is 0.161. The van der Waals surface area contributed by atoms with Crippen molar-refractivity contribution < 1.29 is 5.11 Å². The van der Waals surface area contributed by atoms with Crippen LogP contribution in [0.2, 0.25) is 0 Å². The summed E-state index contributed by atoms with van der Waals surface area (Å²) < 4.78 is 2.18. The molecule has 0 unspecified atom stereocenters. The molecule has 34 heavy (non-hydrogen) atoms. The number of aromatic nitrogens is 7. The molecule has 2 N–H and O–H groups in total. The third-order valence-corrected chi connectivity index (χ3v) is 6.18. The van der Waals surface area contributed by atoms with Crippen molar-refractivity contribution in [3.63, 3.8) is 0 Å². The van der Waals surface area contributed by atoms with E-state index in [0.717, 1.165) is 76.1 Å². The third kappa shape index (κ3) is 3.74. The van der Waals surface area contributed by atoms with E-state index in [9.17, 15) is 5.11 Å². The number of imidazole rings is 1. The van der Waals surface area contributed by atoms with E-state index in [0.29, 0.717) is 6.54 Å². The van der Waals surface area contributed by atoms with Crippen molar-refractivity contribution in [1.29, 1.82) is 0 Å². The summed E-state index contributed by atoms with van der Waals surface area (Å²) in [6, 6.07) is 11.9. The zero-order valence-corrected chi connectivity index (χ0v) is 18.8. The molecule has 0 radical (unpaired) electrons. The number of aliphatic hydroxyl groups is 1. The Morgan fingerprint density at radius 3 is 2.82 bits per heavy atom. The van der Waals surface area contributed by atoms with E-state index in [2.05, 4.69) is 35.8 Å². The van der Waals surface area contributed by atoms with Crippen LogP contribution < -0.4 is 0 Å². The first kappa shape index (κ1) is 20.6. The smallest absolute Gasteiger partial charge is 0.123 e. The molecule has 9 nitrogen and oxygen atoms in total. The van der Waals surface area contributed by atoms with Crippen molar-refractivity contribution in [1.82, 2.24) is 39.6 Å². The van der Waals surface area contributed by atoms with E-state index >= 15 is 0 Å². The van der Waals surface area contributed by atoms with Gasteiger partial charge in [-0.3, -0.25) is 20.0 Å². The van der Waals surface area contributed by atoms with Gasteiger partial charge in [0.1, 0.15) is 11.5 Å². The number of hydrogen-bond donors (Lipinski definition) is 2. The summed E-state index contributed by atoms with van der Waals surface area (Å²) in [5.74, 6) is 1.00. The van der Waals surface area contributed by atoms with Gasteiger partial charge in [-0.25, -0.2) is 9.97 Å². The summed E-state index contributed by atoms with van der Waals surface area (Å²) in [6.07, 6.45) is 5.78. The minimum Gasteiger partial charge on any atom is -0.395 e. The zero-order chi connectivity index (χ0) is 23.1. The van der Waals surface area contributed by atoms with E-state index in [1.807, 2.05) is 55.7 Å². The molecule has 0 amide bonds. The van der Waals surface area contributed by atoms with Gasteiger partial charge in [-0.1, -0.05) is 6.07 Å². The summed E-state index contributed by atoms with van der Waals surface area (Å²) in [6.45, 7) is 5.31. The van der Waals surface area contributed by atoms with Crippen LogP contribution in [0.25, 0.3) is 44.9 Å². The molecule has 1 aliphatic rings. The Morgan fingerprint density at radius 1 is 1.00 bits per heavy atom. The average molecular weight is 453 g/mol. The molecule has 0 aromatic carbocycles. The maximum Gasteiger partial charge on any atom is 0.123 e. The second kappa shape index (κ2) is 8.44. The molecule has 0 fully saturated rings. The normalized spacial score (nSPS) is 13.9. The van der Waals surface area contributed by atoms with Gasteiger partial charge in [-0.2, -0.15) is 5.10 Å². The fourth-order valence-electron chi connectivity index (χ4n) is 4.43. The molecule has 9 heteroatoms. The second-order valence-electron chi connectivity index (χ2n) is 8.51. The Hall–Kier alpha value is -3.95. The van der Waals surface area contributed by atoms with Crippen LogP contribution in [0.5, 0.6) is 0 Å². The van der Waals surface area contributed by atoms with E-state index in [4.69, 9.17) is 9.97 Å². The number of rotatable bonds is 5. The summed E-state index contributed by atoms with van der Waals surface area (Å²) in [7, 11) is 0. The molecule has 6 heterocycles. The van der Waals surface area contributed by atoms with Crippen molar-refractivity contribution in [3.8, 4) is 33.9 Å². The molecule has 0 atom stereocenters. The highest BCUT2D eigenvalue weighted by molar-refractivity contribution is 5.84. The minimum atomic E-state index is 0.161. The lowest BCUT2D eigenvalue weighted by atomic mass is 10.1. The van der Waals surface area contributed by atoms with E-state index in [-0.39, 0.29) is 6.61 Å². The average Bonchev–Trinajstić information content (AvgIpc) is 3.51. The van der Waals surface area contributed by atoms with Gasteiger partial charge >= 0.3 is 0 Å². The quantitative estimate of drug-likeness (QED) is 0.422. The van der Waals surface area contributed by atoms with Gasteiger partial charge in [0, 0.05) is 55.0 Å². The number of hydrogen-bond acceptors (Lipinski definition) is 7. The molecule has 0 aliphatic carbocycles. The SMILES string of the molecule is Cc1cccc(-c2n[nH]cc2-c2ccc3ncc(-c4cn5c(n4)CN(CCO)CC5)cc3n2)n1. The summed E-state index contributed by atoms with van der Waals surface area (Å²) in [5.41, 5.74) is 7.66. The molecule has 0 saturated heterocycles. The molecule has 6 rings (SSSR count). The Morgan fingerprint density at radius 2 is 1.94 bits per heavy atom. The van der Waals surface area contributed by atoms with E-state index in [1.165, 1.54) is 0 Å². The van der Waals surface area contributed by atoms with Gasteiger partial charge in [-0.15, -0.1) is 0 Å². The van der Waals surface area contributed by atoms with Crippen LogP contribution in [-0.4, -0.2) is 64.4 Å². The zero-order valence-electron chi connectivity index (χ0n) is 18.8. The predicted octanol–water partition coefficient (Wildman–Crippen LogP) is 3.06. The second-order valence-corrected chi connectivity index (χ2v) is 8.51. The maximum atomic E-state index is 9.24. The lowest BCUT2D eigenvalue weighted by molar-refractivity contribution is 0.165. The van der Waals surface area contributed by atoms with Gasteiger partial charge in [0.2, 0.25) is 0 Å². The molecule has 5 aromatic heterocycles. The Labute approximate surface area is 196 Å². The summed E-state index contributed by atoms with van der Waals surface area (Å²) >= 11 is 0. The topological polar surface area (TPSA) is 109 Å².